The molecule has 1 saturated heterocycles. The van der Waals surface area contributed by atoms with Crippen LogP contribution in [-0.2, 0) is 13.0 Å². The fourth-order valence-electron chi connectivity index (χ4n) is 4.41. The van der Waals surface area contributed by atoms with Crippen LogP contribution in [0.3, 0.4) is 0 Å². The number of aryl methyl sites for hydroxylation is 1. The number of piperidine rings is 1. The summed E-state index contributed by atoms with van der Waals surface area (Å²) in [6.45, 7) is 3.52. The minimum atomic E-state index is 0. The first kappa shape index (κ1) is 17.3. The molecule has 128 valence electrons. The van der Waals surface area contributed by atoms with Crippen molar-refractivity contribution in [1.29, 1.82) is 0 Å². The Kier molecular flexibility index (Phi) is 5.47. The summed E-state index contributed by atoms with van der Waals surface area (Å²) in [6.07, 6.45) is 3.91. The average molecular weight is 344 g/mol. The molecule has 1 aliphatic carbocycles. The molecule has 2 atom stereocenters. The van der Waals surface area contributed by atoms with Crippen molar-refractivity contribution in [2.24, 2.45) is 5.92 Å². The summed E-state index contributed by atoms with van der Waals surface area (Å²) in [7, 11) is 1.72. The van der Waals surface area contributed by atoms with Crippen molar-refractivity contribution in [3.63, 3.8) is 0 Å². The first-order valence-corrected chi connectivity index (χ1v) is 8.76. The lowest BCUT2D eigenvalue weighted by atomic mass is 9.71. The van der Waals surface area contributed by atoms with E-state index in [0.29, 0.717) is 0 Å². The molecule has 1 aliphatic heterocycles. The third kappa shape index (κ3) is 3.45. The molecular formula is C21H26ClNO. The maximum Gasteiger partial charge on any atom is 0.118 e. The van der Waals surface area contributed by atoms with Gasteiger partial charge in [0.05, 0.1) is 7.11 Å². The third-order valence-corrected chi connectivity index (χ3v) is 5.62. The number of likely N-dealkylation sites (tertiary alicyclic amines) is 1. The molecule has 0 N–H and O–H groups in total. The van der Waals surface area contributed by atoms with E-state index in [4.69, 9.17) is 4.74 Å². The number of ether oxygens (including phenoxy) is 1. The number of fused-ring (bicyclic) bond motifs is 3. The first-order chi connectivity index (χ1) is 11.3. The van der Waals surface area contributed by atoms with Crippen LogP contribution in [0, 0.1) is 5.92 Å². The van der Waals surface area contributed by atoms with E-state index in [1.807, 2.05) is 0 Å². The predicted octanol–water partition coefficient (Wildman–Crippen LogP) is 4.67. The van der Waals surface area contributed by atoms with E-state index in [1.165, 1.54) is 37.9 Å². The summed E-state index contributed by atoms with van der Waals surface area (Å²) < 4.78 is 5.25. The quantitative estimate of drug-likeness (QED) is 0.803. The maximum atomic E-state index is 5.25. The van der Waals surface area contributed by atoms with Gasteiger partial charge < -0.3 is 4.74 Å². The van der Waals surface area contributed by atoms with Gasteiger partial charge in [-0.05, 0) is 66.5 Å². The van der Waals surface area contributed by atoms with Gasteiger partial charge >= 0.3 is 0 Å². The van der Waals surface area contributed by atoms with Crippen LogP contribution in [-0.4, -0.2) is 25.1 Å². The Balaban J connectivity index is 0.00000169. The van der Waals surface area contributed by atoms with Crippen molar-refractivity contribution < 1.29 is 4.74 Å². The molecule has 1 heterocycles. The van der Waals surface area contributed by atoms with E-state index >= 15 is 0 Å². The number of hydrogen-bond acceptors (Lipinski definition) is 2. The molecule has 0 radical (unpaired) electrons. The van der Waals surface area contributed by atoms with Gasteiger partial charge in [-0.15, -0.1) is 12.4 Å². The summed E-state index contributed by atoms with van der Waals surface area (Å²) >= 11 is 0. The van der Waals surface area contributed by atoms with Crippen LogP contribution < -0.4 is 4.74 Å². The average Bonchev–Trinajstić information content (AvgIpc) is 2.62. The van der Waals surface area contributed by atoms with Crippen molar-refractivity contribution in [3.05, 3.63) is 65.2 Å². The van der Waals surface area contributed by atoms with Gasteiger partial charge in [0.1, 0.15) is 5.75 Å². The van der Waals surface area contributed by atoms with Crippen LogP contribution in [0.15, 0.2) is 48.5 Å². The lowest BCUT2D eigenvalue weighted by Crippen LogP contribution is -2.40. The number of benzene rings is 2. The van der Waals surface area contributed by atoms with Gasteiger partial charge in [-0.1, -0.05) is 36.4 Å². The number of halogens is 1. The van der Waals surface area contributed by atoms with E-state index in [1.54, 1.807) is 18.2 Å². The van der Waals surface area contributed by atoms with E-state index < -0.39 is 0 Å². The number of hydrogen-bond donors (Lipinski definition) is 0. The molecule has 0 aromatic heterocycles. The third-order valence-electron chi connectivity index (χ3n) is 5.62. The second kappa shape index (κ2) is 7.58. The van der Waals surface area contributed by atoms with E-state index in [0.717, 1.165) is 24.1 Å². The highest BCUT2D eigenvalue weighted by Crippen LogP contribution is 2.41. The highest BCUT2D eigenvalue weighted by Gasteiger charge is 2.33. The molecule has 0 spiro atoms. The molecule has 4 rings (SSSR count). The van der Waals surface area contributed by atoms with Crippen molar-refractivity contribution >= 4 is 12.4 Å². The minimum absolute atomic E-state index is 0. The lowest BCUT2D eigenvalue weighted by Gasteiger charge is -2.42. The van der Waals surface area contributed by atoms with Gasteiger partial charge in [0.2, 0.25) is 0 Å². The molecule has 0 unspecified atom stereocenters. The summed E-state index contributed by atoms with van der Waals surface area (Å²) in [6, 6.07) is 17.6. The Labute approximate surface area is 151 Å². The smallest absolute Gasteiger partial charge is 0.118 e. The zero-order valence-electron chi connectivity index (χ0n) is 14.3. The second-order valence-electron chi connectivity index (χ2n) is 6.98. The van der Waals surface area contributed by atoms with Gasteiger partial charge in [-0.25, -0.2) is 0 Å². The number of rotatable bonds is 3. The zero-order chi connectivity index (χ0) is 15.6. The van der Waals surface area contributed by atoms with Gasteiger partial charge in [0.15, 0.2) is 0 Å². The molecule has 0 bridgehead atoms. The maximum absolute atomic E-state index is 5.25. The van der Waals surface area contributed by atoms with Gasteiger partial charge in [-0.3, -0.25) is 4.90 Å². The molecule has 1 fully saturated rings. The van der Waals surface area contributed by atoms with Crippen LogP contribution in [0.25, 0.3) is 0 Å². The summed E-state index contributed by atoms with van der Waals surface area (Å²) in [5.41, 5.74) is 4.62. The van der Waals surface area contributed by atoms with E-state index in [-0.39, 0.29) is 12.4 Å². The first-order valence-electron chi connectivity index (χ1n) is 8.76. The van der Waals surface area contributed by atoms with Crippen LogP contribution in [0.1, 0.15) is 35.4 Å². The fraction of sp³-hybridized carbons (Fsp3) is 0.429. The zero-order valence-corrected chi connectivity index (χ0v) is 15.1. The molecule has 2 aliphatic rings. The number of methoxy groups -OCH3 is 1. The highest BCUT2D eigenvalue weighted by molar-refractivity contribution is 5.85. The largest absolute Gasteiger partial charge is 0.497 e. The molecule has 3 heteroatoms. The topological polar surface area (TPSA) is 12.5 Å². The normalized spacial score (nSPS) is 22.9. The molecular weight excluding hydrogens is 318 g/mol. The summed E-state index contributed by atoms with van der Waals surface area (Å²) in [5, 5.41) is 0. The Morgan fingerprint density at radius 1 is 1.04 bits per heavy atom. The monoisotopic (exact) mass is 343 g/mol. The SMILES string of the molecule is COc1ccc(CN2CC[C@H]3c4ccccc4CC[C@H]3C2)cc1.Cl. The fourth-order valence-corrected chi connectivity index (χ4v) is 4.41. The molecule has 0 saturated carbocycles. The molecule has 2 aromatic rings. The van der Waals surface area contributed by atoms with Crippen LogP contribution in [0.4, 0.5) is 0 Å². The summed E-state index contributed by atoms with van der Waals surface area (Å²) in [5.74, 6) is 2.56. The Bertz CT molecular complexity index is 670. The van der Waals surface area contributed by atoms with E-state index in [9.17, 15) is 0 Å². The van der Waals surface area contributed by atoms with Crippen molar-refractivity contribution in [3.8, 4) is 5.75 Å². The Hall–Kier alpha value is -1.51. The molecule has 0 amide bonds. The highest BCUT2D eigenvalue weighted by atomic mass is 35.5. The van der Waals surface area contributed by atoms with Crippen molar-refractivity contribution in [2.45, 2.75) is 31.7 Å². The standard InChI is InChI=1S/C21H25NO.ClH/c1-23-19-10-6-16(7-11-19)14-22-13-12-21-18(15-22)9-8-17-4-2-3-5-20(17)21;/h2-7,10-11,18,21H,8-9,12-15H2,1H3;1H/t18-,21+;/m0./s1. The number of nitrogens with zero attached hydrogens (tertiary/aromatic N) is 1. The van der Waals surface area contributed by atoms with E-state index in [2.05, 4.69) is 53.4 Å². The molecule has 2 nitrogen and oxygen atoms in total. The second-order valence-corrected chi connectivity index (χ2v) is 6.98. The minimum Gasteiger partial charge on any atom is -0.497 e. The van der Waals surface area contributed by atoms with Crippen LogP contribution >= 0.6 is 12.4 Å². The molecule has 24 heavy (non-hydrogen) atoms. The van der Waals surface area contributed by atoms with Crippen LogP contribution in [0.2, 0.25) is 0 Å². The van der Waals surface area contributed by atoms with Crippen molar-refractivity contribution in [1.82, 2.24) is 4.90 Å². The van der Waals surface area contributed by atoms with Gasteiger partial charge in [-0.2, -0.15) is 0 Å². The molecule has 2 aromatic carbocycles. The Morgan fingerprint density at radius 3 is 2.62 bits per heavy atom. The van der Waals surface area contributed by atoms with Gasteiger partial charge in [0.25, 0.3) is 0 Å². The van der Waals surface area contributed by atoms with Gasteiger partial charge in [0, 0.05) is 13.1 Å². The predicted molar refractivity (Wildman–Crippen MR) is 101 cm³/mol. The van der Waals surface area contributed by atoms with Crippen molar-refractivity contribution in [2.75, 3.05) is 20.2 Å². The lowest BCUT2D eigenvalue weighted by molar-refractivity contribution is 0.135. The Morgan fingerprint density at radius 2 is 1.83 bits per heavy atom. The van der Waals surface area contributed by atoms with Crippen LogP contribution in [0.5, 0.6) is 5.75 Å². The summed E-state index contributed by atoms with van der Waals surface area (Å²) in [4.78, 5) is 2.64.